The van der Waals surface area contributed by atoms with Crippen LogP contribution in [0.5, 0.6) is 5.75 Å². The van der Waals surface area contributed by atoms with Crippen molar-refractivity contribution in [2.24, 2.45) is 5.92 Å². The summed E-state index contributed by atoms with van der Waals surface area (Å²) >= 11 is 5.14. The van der Waals surface area contributed by atoms with Crippen LogP contribution < -0.4 is 4.74 Å². The van der Waals surface area contributed by atoms with Crippen molar-refractivity contribution >= 4 is 18.2 Å². The van der Waals surface area contributed by atoms with Crippen LogP contribution in [-0.4, -0.2) is 48.7 Å². The van der Waals surface area contributed by atoms with E-state index in [9.17, 15) is 9.18 Å². The van der Waals surface area contributed by atoms with E-state index in [0.29, 0.717) is 23.6 Å². The number of carbonyl (C=O) groups excluding carboxylic acids is 1. The van der Waals surface area contributed by atoms with E-state index in [-0.39, 0.29) is 17.7 Å². The fourth-order valence-corrected chi connectivity index (χ4v) is 4.66. The second-order valence-electron chi connectivity index (χ2n) is 8.02. The second kappa shape index (κ2) is 9.56. The molecule has 6 nitrogen and oxygen atoms in total. The number of piperidine rings is 1. The quantitative estimate of drug-likeness (QED) is 0.535. The molecule has 4 rings (SSSR count). The molecule has 0 saturated carbocycles. The average Bonchev–Trinajstić information content (AvgIpc) is 3.25. The van der Waals surface area contributed by atoms with Gasteiger partial charge in [0.15, 0.2) is 5.79 Å². The number of halogens is 1. The highest BCUT2D eigenvalue weighted by molar-refractivity contribution is 7.71. The predicted octanol–water partition coefficient (Wildman–Crippen LogP) is 3.96. The molecular formula is C23H27FN2O4S. The lowest BCUT2D eigenvalue weighted by Crippen LogP contribution is -2.44. The Morgan fingerprint density at radius 2 is 1.94 bits per heavy atom. The van der Waals surface area contributed by atoms with E-state index >= 15 is 0 Å². The first-order chi connectivity index (χ1) is 15.0. The molecule has 2 aromatic rings. The molecule has 2 fully saturated rings. The minimum absolute atomic E-state index is 0.209. The van der Waals surface area contributed by atoms with Crippen molar-refractivity contribution in [1.29, 1.82) is 0 Å². The maximum Gasteiger partial charge on any atom is 0.308 e. The third kappa shape index (κ3) is 5.03. The fourth-order valence-electron chi connectivity index (χ4n) is 4.49. The Bertz CT molecular complexity index is 964. The number of H-pyrrole nitrogens is 1. The summed E-state index contributed by atoms with van der Waals surface area (Å²) in [6, 6.07) is 8.14. The Morgan fingerprint density at radius 3 is 2.58 bits per heavy atom. The number of hydrogen-bond donors (Lipinski definition) is 1. The van der Waals surface area contributed by atoms with Crippen molar-refractivity contribution in [2.45, 2.75) is 32.0 Å². The maximum absolute atomic E-state index is 13.4. The molecule has 1 N–H and O–H groups in total. The first-order valence-corrected chi connectivity index (χ1v) is 11.0. The predicted molar refractivity (Wildman–Crippen MR) is 116 cm³/mol. The number of nitrogens with zero attached hydrogens (tertiary/aromatic N) is 1. The van der Waals surface area contributed by atoms with Crippen LogP contribution in [0.2, 0.25) is 0 Å². The molecule has 0 spiro atoms. The number of benzene rings is 1. The number of ether oxygens (including phenoxy) is 3. The van der Waals surface area contributed by atoms with Crippen LogP contribution in [0.15, 0.2) is 36.5 Å². The van der Waals surface area contributed by atoms with Gasteiger partial charge in [-0.25, -0.2) is 4.39 Å². The monoisotopic (exact) mass is 446 g/mol. The van der Waals surface area contributed by atoms with Crippen LogP contribution >= 0.6 is 12.2 Å². The van der Waals surface area contributed by atoms with Crippen molar-refractivity contribution in [3.05, 3.63) is 58.1 Å². The molecule has 3 heterocycles. The standard InChI is InChI=1S/C23H27FN2O4S/c1-16(27)30-21-14-22(31)25-15-17(21)6-9-26-10-7-19(8-11-26)23(28-12-13-29-23)18-2-4-20(24)5-3-18/h2-5,14-15,19H,6-13H2,1H3,(H,25,31). The molecule has 0 bridgehead atoms. The summed E-state index contributed by atoms with van der Waals surface area (Å²) in [5, 5.41) is 0. The maximum atomic E-state index is 13.4. The highest BCUT2D eigenvalue weighted by Gasteiger charge is 2.46. The summed E-state index contributed by atoms with van der Waals surface area (Å²) in [5.41, 5.74) is 1.81. The minimum Gasteiger partial charge on any atom is -0.426 e. The summed E-state index contributed by atoms with van der Waals surface area (Å²) in [6.45, 7) is 5.14. The lowest BCUT2D eigenvalue weighted by molar-refractivity contribution is -0.214. The molecule has 0 amide bonds. The van der Waals surface area contributed by atoms with Crippen molar-refractivity contribution < 1.29 is 23.4 Å². The third-order valence-corrected chi connectivity index (χ3v) is 6.24. The van der Waals surface area contributed by atoms with Crippen LogP contribution in [0.4, 0.5) is 4.39 Å². The van der Waals surface area contributed by atoms with Crippen LogP contribution in [0.25, 0.3) is 0 Å². The average molecular weight is 447 g/mol. The summed E-state index contributed by atoms with van der Waals surface area (Å²) < 4.78 is 31.5. The van der Waals surface area contributed by atoms with Crippen molar-refractivity contribution in [3.63, 3.8) is 0 Å². The van der Waals surface area contributed by atoms with Gasteiger partial charge in [-0.05, 0) is 44.5 Å². The summed E-state index contributed by atoms with van der Waals surface area (Å²) in [7, 11) is 0. The van der Waals surface area contributed by atoms with Crippen LogP contribution in [0, 0.1) is 16.4 Å². The number of esters is 1. The van der Waals surface area contributed by atoms with Crippen LogP contribution in [-0.2, 0) is 26.5 Å². The Kier molecular flexibility index (Phi) is 6.81. The molecule has 1 aromatic heterocycles. The number of pyridine rings is 1. The summed E-state index contributed by atoms with van der Waals surface area (Å²) in [5.74, 6) is -0.668. The molecule has 2 aliphatic rings. The van der Waals surface area contributed by atoms with E-state index in [1.807, 2.05) is 6.20 Å². The largest absolute Gasteiger partial charge is 0.426 e. The SMILES string of the molecule is CC(=O)Oc1cc(=S)[nH]cc1CCN1CCC(C2(c3ccc(F)cc3)OCCO2)CC1. The zero-order chi connectivity index (χ0) is 21.8. The molecule has 2 aliphatic heterocycles. The van der Waals surface area contributed by atoms with Gasteiger partial charge in [0.1, 0.15) is 16.2 Å². The Morgan fingerprint density at radius 1 is 1.26 bits per heavy atom. The van der Waals surface area contributed by atoms with Gasteiger partial charge in [-0.15, -0.1) is 0 Å². The number of aromatic nitrogens is 1. The van der Waals surface area contributed by atoms with Gasteiger partial charge in [0.05, 0.1) is 13.2 Å². The van der Waals surface area contributed by atoms with Gasteiger partial charge in [0, 0.05) is 42.8 Å². The van der Waals surface area contributed by atoms with Crippen molar-refractivity contribution in [1.82, 2.24) is 9.88 Å². The molecule has 0 unspecified atom stereocenters. The zero-order valence-corrected chi connectivity index (χ0v) is 18.4. The van der Waals surface area contributed by atoms with E-state index < -0.39 is 5.79 Å². The zero-order valence-electron chi connectivity index (χ0n) is 17.6. The normalized spacial score (nSPS) is 19.4. The molecule has 2 saturated heterocycles. The van der Waals surface area contributed by atoms with E-state index in [1.54, 1.807) is 18.2 Å². The van der Waals surface area contributed by atoms with Crippen molar-refractivity contribution in [2.75, 3.05) is 32.8 Å². The van der Waals surface area contributed by atoms with Gasteiger partial charge in [-0.3, -0.25) is 4.79 Å². The topological polar surface area (TPSA) is 63.8 Å². The highest BCUT2D eigenvalue weighted by Crippen LogP contribution is 2.43. The Hall–Kier alpha value is -2.13. The Labute approximate surface area is 186 Å². The molecular weight excluding hydrogens is 419 g/mol. The van der Waals surface area contributed by atoms with Gasteiger partial charge in [0.25, 0.3) is 0 Å². The number of likely N-dealkylation sites (tertiary alicyclic amines) is 1. The van der Waals surface area contributed by atoms with Gasteiger partial charge < -0.3 is 24.1 Å². The number of carbonyl (C=O) groups is 1. The number of rotatable bonds is 6. The van der Waals surface area contributed by atoms with Gasteiger partial charge in [0.2, 0.25) is 0 Å². The molecule has 8 heteroatoms. The van der Waals surface area contributed by atoms with Crippen LogP contribution in [0.3, 0.4) is 0 Å². The second-order valence-corrected chi connectivity index (χ2v) is 8.46. The molecule has 31 heavy (non-hydrogen) atoms. The molecule has 0 aliphatic carbocycles. The molecule has 0 atom stereocenters. The van der Waals surface area contributed by atoms with E-state index in [4.69, 9.17) is 26.4 Å². The fraction of sp³-hybridized carbons (Fsp3) is 0.478. The number of nitrogens with one attached hydrogen (secondary N) is 1. The van der Waals surface area contributed by atoms with E-state index in [2.05, 4.69) is 9.88 Å². The molecule has 1 aromatic carbocycles. The van der Waals surface area contributed by atoms with E-state index in [0.717, 1.165) is 50.0 Å². The van der Waals surface area contributed by atoms with Gasteiger partial charge in [-0.1, -0.05) is 24.4 Å². The smallest absolute Gasteiger partial charge is 0.308 e. The first kappa shape index (κ1) is 22.1. The number of hydrogen-bond acceptors (Lipinski definition) is 6. The van der Waals surface area contributed by atoms with E-state index in [1.165, 1.54) is 19.1 Å². The summed E-state index contributed by atoms with van der Waals surface area (Å²) in [6.07, 6.45) is 4.41. The lowest BCUT2D eigenvalue weighted by atomic mass is 9.84. The molecule has 0 radical (unpaired) electrons. The third-order valence-electron chi connectivity index (χ3n) is 6.01. The van der Waals surface area contributed by atoms with Crippen LogP contribution in [0.1, 0.15) is 30.9 Å². The first-order valence-electron chi connectivity index (χ1n) is 10.6. The highest BCUT2D eigenvalue weighted by atomic mass is 32.1. The number of aromatic amines is 1. The minimum atomic E-state index is -0.781. The van der Waals surface area contributed by atoms with Crippen molar-refractivity contribution in [3.8, 4) is 5.75 Å². The van der Waals surface area contributed by atoms with Gasteiger partial charge in [-0.2, -0.15) is 0 Å². The Balaban J connectivity index is 1.38. The van der Waals surface area contributed by atoms with Gasteiger partial charge >= 0.3 is 5.97 Å². The molecule has 166 valence electrons. The summed E-state index contributed by atoms with van der Waals surface area (Å²) in [4.78, 5) is 16.8. The lowest BCUT2D eigenvalue weighted by Gasteiger charge is -2.41.